The summed E-state index contributed by atoms with van der Waals surface area (Å²) in [5.41, 5.74) is 1.02. The second kappa shape index (κ2) is 6.26. The molecule has 2 aromatic heterocycles. The standard InChI is InChI=1S/C16H14ClN3O3S/c1-9-3-4-11(10(17)7-9)18-13(21)8-20-12-5-6-24-14(12)15(22)19(2)16(20)23/h3-7H,8H2,1-2H3,(H,18,21). The van der Waals surface area contributed by atoms with Crippen LogP contribution in [0.25, 0.3) is 10.2 Å². The molecular formula is C16H14ClN3O3S. The highest BCUT2D eigenvalue weighted by molar-refractivity contribution is 7.17. The Labute approximate surface area is 145 Å². The van der Waals surface area contributed by atoms with Crippen LogP contribution in [0.4, 0.5) is 5.69 Å². The number of aryl methyl sites for hydroxylation is 1. The van der Waals surface area contributed by atoms with Gasteiger partial charge < -0.3 is 5.32 Å². The minimum atomic E-state index is -0.531. The molecule has 3 rings (SSSR count). The summed E-state index contributed by atoms with van der Waals surface area (Å²) in [6, 6.07) is 6.94. The van der Waals surface area contributed by atoms with Gasteiger partial charge in [-0.1, -0.05) is 17.7 Å². The van der Waals surface area contributed by atoms with E-state index in [1.54, 1.807) is 23.6 Å². The smallest absolute Gasteiger partial charge is 0.323 e. The number of anilines is 1. The summed E-state index contributed by atoms with van der Waals surface area (Å²) in [6.07, 6.45) is 0. The van der Waals surface area contributed by atoms with Gasteiger partial charge in [0, 0.05) is 7.05 Å². The van der Waals surface area contributed by atoms with Gasteiger partial charge in [0.1, 0.15) is 11.2 Å². The van der Waals surface area contributed by atoms with Gasteiger partial charge in [-0.25, -0.2) is 4.79 Å². The van der Waals surface area contributed by atoms with Crippen LogP contribution < -0.4 is 16.6 Å². The molecule has 24 heavy (non-hydrogen) atoms. The summed E-state index contributed by atoms with van der Waals surface area (Å²) in [5, 5.41) is 4.84. The summed E-state index contributed by atoms with van der Waals surface area (Å²) < 4.78 is 2.73. The van der Waals surface area contributed by atoms with Crippen molar-refractivity contribution in [3.8, 4) is 0 Å². The SMILES string of the molecule is Cc1ccc(NC(=O)Cn2c(=O)n(C)c(=O)c3sccc32)c(Cl)c1. The van der Waals surface area contributed by atoms with Gasteiger partial charge in [0.2, 0.25) is 5.91 Å². The molecule has 0 saturated carbocycles. The molecule has 0 radical (unpaired) electrons. The van der Waals surface area contributed by atoms with Crippen LogP contribution in [0.2, 0.25) is 5.02 Å². The molecule has 0 atom stereocenters. The maximum atomic E-state index is 12.3. The predicted octanol–water partition coefficient (Wildman–Crippen LogP) is 2.36. The van der Waals surface area contributed by atoms with Crippen LogP contribution in [0.1, 0.15) is 5.56 Å². The van der Waals surface area contributed by atoms with Crippen molar-refractivity contribution < 1.29 is 4.79 Å². The molecule has 3 aromatic rings. The van der Waals surface area contributed by atoms with Crippen molar-refractivity contribution in [1.29, 1.82) is 0 Å². The number of fused-ring (bicyclic) bond motifs is 1. The first-order chi connectivity index (χ1) is 11.4. The quantitative estimate of drug-likeness (QED) is 0.776. The van der Waals surface area contributed by atoms with Gasteiger partial charge in [-0.05, 0) is 36.1 Å². The Balaban J connectivity index is 1.95. The number of nitrogens with one attached hydrogen (secondary N) is 1. The lowest BCUT2D eigenvalue weighted by Gasteiger charge is -2.11. The van der Waals surface area contributed by atoms with E-state index in [4.69, 9.17) is 11.6 Å². The molecule has 6 nitrogen and oxygen atoms in total. The van der Waals surface area contributed by atoms with E-state index in [2.05, 4.69) is 5.32 Å². The van der Waals surface area contributed by atoms with Gasteiger partial charge in [-0.3, -0.25) is 18.7 Å². The Morgan fingerprint density at radius 3 is 2.75 bits per heavy atom. The molecule has 1 amide bonds. The van der Waals surface area contributed by atoms with E-state index in [1.165, 1.54) is 23.0 Å². The Bertz CT molecular complexity index is 1060. The van der Waals surface area contributed by atoms with Crippen molar-refractivity contribution in [2.24, 2.45) is 7.05 Å². The van der Waals surface area contributed by atoms with Crippen molar-refractivity contribution >= 4 is 44.7 Å². The van der Waals surface area contributed by atoms with Crippen LogP contribution in [0.15, 0.2) is 39.2 Å². The molecule has 0 saturated heterocycles. The predicted molar refractivity (Wildman–Crippen MR) is 96.1 cm³/mol. The fourth-order valence-corrected chi connectivity index (χ4v) is 3.56. The van der Waals surface area contributed by atoms with Crippen molar-refractivity contribution in [1.82, 2.24) is 9.13 Å². The Morgan fingerprint density at radius 2 is 2.04 bits per heavy atom. The number of amides is 1. The maximum absolute atomic E-state index is 12.3. The Hall–Kier alpha value is -2.38. The minimum absolute atomic E-state index is 0.204. The topological polar surface area (TPSA) is 73.1 Å². The Kier molecular flexibility index (Phi) is 4.29. The molecule has 0 fully saturated rings. The Morgan fingerprint density at radius 1 is 1.29 bits per heavy atom. The van der Waals surface area contributed by atoms with Crippen LogP contribution >= 0.6 is 22.9 Å². The van der Waals surface area contributed by atoms with Crippen molar-refractivity contribution in [3.05, 3.63) is 61.1 Å². The van der Waals surface area contributed by atoms with Crippen molar-refractivity contribution in [3.63, 3.8) is 0 Å². The third-order valence-corrected chi connectivity index (χ3v) is 4.86. The van der Waals surface area contributed by atoms with Crippen LogP contribution in [0.3, 0.4) is 0 Å². The molecule has 0 aliphatic heterocycles. The van der Waals surface area contributed by atoms with Gasteiger partial charge in [0.25, 0.3) is 5.56 Å². The van der Waals surface area contributed by atoms with Gasteiger partial charge in [0.05, 0.1) is 16.2 Å². The highest BCUT2D eigenvalue weighted by atomic mass is 35.5. The lowest BCUT2D eigenvalue weighted by atomic mass is 10.2. The first-order valence-electron chi connectivity index (χ1n) is 7.11. The normalized spacial score (nSPS) is 11.0. The molecule has 1 N–H and O–H groups in total. The van der Waals surface area contributed by atoms with Gasteiger partial charge in [-0.2, -0.15) is 0 Å². The van der Waals surface area contributed by atoms with Gasteiger partial charge >= 0.3 is 5.69 Å². The lowest BCUT2D eigenvalue weighted by Crippen LogP contribution is -2.39. The third-order valence-electron chi connectivity index (χ3n) is 3.65. The first-order valence-corrected chi connectivity index (χ1v) is 8.37. The second-order valence-electron chi connectivity index (χ2n) is 5.40. The number of hydrogen-bond donors (Lipinski definition) is 1. The van der Waals surface area contributed by atoms with Crippen molar-refractivity contribution in [2.75, 3.05) is 5.32 Å². The summed E-state index contributed by atoms with van der Waals surface area (Å²) in [7, 11) is 1.40. The number of halogens is 1. The lowest BCUT2D eigenvalue weighted by molar-refractivity contribution is -0.116. The molecule has 1 aromatic carbocycles. The number of aromatic nitrogens is 2. The number of rotatable bonds is 3. The maximum Gasteiger partial charge on any atom is 0.331 e. The van der Waals surface area contributed by atoms with Crippen LogP contribution in [0, 0.1) is 6.92 Å². The number of benzene rings is 1. The average molecular weight is 364 g/mol. The zero-order valence-corrected chi connectivity index (χ0v) is 14.6. The summed E-state index contributed by atoms with van der Waals surface area (Å²) >= 11 is 7.34. The summed E-state index contributed by atoms with van der Waals surface area (Å²) in [4.78, 5) is 36.7. The number of carbonyl (C=O) groups is 1. The molecular weight excluding hydrogens is 350 g/mol. The fraction of sp³-hybridized carbons (Fsp3) is 0.188. The van der Waals surface area contributed by atoms with E-state index in [1.807, 2.05) is 13.0 Å². The highest BCUT2D eigenvalue weighted by Crippen LogP contribution is 2.22. The van der Waals surface area contributed by atoms with E-state index in [0.29, 0.717) is 20.9 Å². The minimum Gasteiger partial charge on any atom is -0.323 e. The van der Waals surface area contributed by atoms with E-state index in [9.17, 15) is 14.4 Å². The molecule has 124 valence electrons. The average Bonchev–Trinajstić information content (AvgIpc) is 3.02. The molecule has 2 heterocycles. The molecule has 0 aliphatic rings. The second-order valence-corrected chi connectivity index (χ2v) is 6.72. The van der Waals surface area contributed by atoms with Crippen LogP contribution in [-0.4, -0.2) is 15.0 Å². The van der Waals surface area contributed by atoms with E-state index in [-0.39, 0.29) is 12.1 Å². The molecule has 8 heteroatoms. The third kappa shape index (κ3) is 2.88. The van der Waals surface area contributed by atoms with E-state index in [0.717, 1.165) is 10.1 Å². The summed E-state index contributed by atoms with van der Waals surface area (Å²) in [5.74, 6) is -0.394. The number of carbonyl (C=O) groups excluding carboxylic acids is 1. The van der Waals surface area contributed by atoms with Crippen molar-refractivity contribution in [2.45, 2.75) is 13.5 Å². The molecule has 0 bridgehead atoms. The monoisotopic (exact) mass is 363 g/mol. The largest absolute Gasteiger partial charge is 0.331 e. The molecule has 0 spiro atoms. The fourth-order valence-electron chi connectivity index (χ4n) is 2.41. The number of hydrogen-bond acceptors (Lipinski definition) is 4. The van der Waals surface area contributed by atoms with Gasteiger partial charge in [-0.15, -0.1) is 11.3 Å². The van der Waals surface area contributed by atoms with Gasteiger partial charge in [0.15, 0.2) is 0 Å². The zero-order chi connectivity index (χ0) is 17.4. The van der Waals surface area contributed by atoms with Crippen LogP contribution in [-0.2, 0) is 18.4 Å². The number of nitrogens with zero attached hydrogens (tertiary/aromatic N) is 2. The molecule has 0 aliphatic carbocycles. The van der Waals surface area contributed by atoms with E-state index >= 15 is 0 Å². The zero-order valence-electron chi connectivity index (χ0n) is 13.0. The van der Waals surface area contributed by atoms with E-state index < -0.39 is 11.6 Å². The first kappa shape index (κ1) is 16.5. The summed E-state index contributed by atoms with van der Waals surface area (Å²) in [6.45, 7) is 1.69. The molecule has 0 unspecified atom stereocenters. The van der Waals surface area contributed by atoms with Crippen LogP contribution in [0.5, 0.6) is 0 Å². The number of thiophene rings is 1. The highest BCUT2D eigenvalue weighted by Gasteiger charge is 2.15.